The number of aliphatic hydroxyl groups excluding tert-OH is 1. The van der Waals surface area contributed by atoms with Crippen molar-refractivity contribution in [2.24, 2.45) is 5.73 Å². The Balaban J connectivity index is 2.77. The second-order valence-electron chi connectivity index (χ2n) is 4.42. The highest BCUT2D eigenvalue weighted by Crippen LogP contribution is 2.24. The number of thioether (sulfide) groups is 1. The van der Waals surface area contributed by atoms with Gasteiger partial charge < -0.3 is 15.7 Å². The smallest absolute Gasteiger partial charge is 0.0711 e. The van der Waals surface area contributed by atoms with Gasteiger partial charge in [0, 0.05) is 18.8 Å². The highest BCUT2D eigenvalue weighted by Gasteiger charge is 2.09. The van der Waals surface area contributed by atoms with E-state index in [4.69, 9.17) is 5.73 Å². The van der Waals surface area contributed by atoms with Gasteiger partial charge in [0.1, 0.15) is 0 Å². The summed E-state index contributed by atoms with van der Waals surface area (Å²) in [4.78, 5) is 2.17. The lowest BCUT2D eigenvalue weighted by Crippen LogP contribution is -2.24. The summed E-state index contributed by atoms with van der Waals surface area (Å²) in [7, 11) is 0. The van der Waals surface area contributed by atoms with Gasteiger partial charge in [0.15, 0.2) is 0 Å². The molecule has 3 N–H and O–H groups in total. The van der Waals surface area contributed by atoms with E-state index in [0.29, 0.717) is 6.54 Å². The molecular weight excluding hydrogens is 268 g/mol. The Morgan fingerprint density at radius 3 is 2.60 bits per heavy atom. The summed E-state index contributed by atoms with van der Waals surface area (Å²) in [6.07, 6.45) is 2.91. The van der Waals surface area contributed by atoms with Crippen molar-refractivity contribution in [1.82, 2.24) is 4.90 Å². The van der Waals surface area contributed by atoms with Gasteiger partial charge in [0.05, 0.1) is 11.6 Å². The molecule has 0 heterocycles. The number of nitrogens with two attached hydrogens (primary N) is 1. The van der Waals surface area contributed by atoms with Crippen molar-refractivity contribution in [3.05, 3.63) is 58.1 Å². The SMILES string of the molecule is C/C=C(\S/C=C(\N)CC)N(CCO)Cc1ccccc1. The Hall–Kier alpha value is -1.39. The van der Waals surface area contributed by atoms with E-state index in [-0.39, 0.29) is 6.61 Å². The molecule has 0 aromatic heterocycles. The summed E-state index contributed by atoms with van der Waals surface area (Å²) in [6, 6.07) is 10.3. The van der Waals surface area contributed by atoms with Crippen LogP contribution in [-0.2, 0) is 6.54 Å². The van der Waals surface area contributed by atoms with Crippen LogP contribution in [0.3, 0.4) is 0 Å². The largest absolute Gasteiger partial charge is 0.402 e. The Kier molecular flexibility index (Phi) is 7.92. The summed E-state index contributed by atoms with van der Waals surface area (Å²) in [5.74, 6) is 0. The molecule has 4 heteroatoms. The maximum atomic E-state index is 9.26. The quantitative estimate of drug-likeness (QED) is 0.772. The minimum absolute atomic E-state index is 0.137. The van der Waals surface area contributed by atoms with E-state index in [1.54, 1.807) is 11.8 Å². The molecule has 0 saturated carbocycles. The number of hydrogen-bond donors (Lipinski definition) is 2. The van der Waals surface area contributed by atoms with Gasteiger partial charge in [-0.2, -0.15) is 0 Å². The van der Waals surface area contributed by atoms with Gasteiger partial charge in [0.25, 0.3) is 0 Å². The van der Waals surface area contributed by atoms with E-state index in [1.807, 2.05) is 37.5 Å². The van der Waals surface area contributed by atoms with Gasteiger partial charge in [-0.15, -0.1) is 0 Å². The molecule has 0 radical (unpaired) electrons. The van der Waals surface area contributed by atoms with E-state index in [2.05, 4.69) is 23.1 Å². The molecule has 1 aromatic carbocycles. The van der Waals surface area contributed by atoms with E-state index < -0.39 is 0 Å². The Bertz CT molecular complexity index is 443. The van der Waals surface area contributed by atoms with Crippen molar-refractivity contribution >= 4 is 11.8 Å². The maximum absolute atomic E-state index is 9.26. The van der Waals surface area contributed by atoms with Crippen LogP contribution >= 0.6 is 11.8 Å². The number of rotatable bonds is 8. The van der Waals surface area contributed by atoms with Crippen LogP contribution in [0.15, 0.2) is 52.5 Å². The molecule has 0 fully saturated rings. The molecule has 110 valence electrons. The van der Waals surface area contributed by atoms with Crippen molar-refractivity contribution in [2.75, 3.05) is 13.2 Å². The first-order valence-corrected chi connectivity index (χ1v) is 7.76. The molecule has 0 aliphatic heterocycles. The molecule has 0 aliphatic rings. The third-order valence-corrected chi connectivity index (χ3v) is 4.04. The topological polar surface area (TPSA) is 49.5 Å². The number of aliphatic hydroxyl groups is 1. The van der Waals surface area contributed by atoms with Crippen LogP contribution in [0.25, 0.3) is 0 Å². The van der Waals surface area contributed by atoms with E-state index in [9.17, 15) is 5.11 Å². The predicted molar refractivity (Wildman–Crippen MR) is 87.8 cm³/mol. The van der Waals surface area contributed by atoms with Crippen LogP contribution in [0.4, 0.5) is 0 Å². The van der Waals surface area contributed by atoms with Crippen molar-refractivity contribution in [1.29, 1.82) is 0 Å². The molecule has 20 heavy (non-hydrogen) atoms. The fourth-order valence-corrected chi connectivity index (χ4v) is 2.62. The molecule has 0 spiro atoms. The Labute approximate surface area is 126 Å². The number of hydrogen-bond acceptors (Lipinski definition) is 4. The fourth-order valence-electron chi connectivity index (χ4n) is 1.74. The van der Waals surface area contributed by atoms with Crippen LogP contribution in [0.5, 0.6) is 0 Å². The van der Waals surface area contributed by atoms with Gasteiger partial charge in [-0.25, -0.2) is 0 Å². The average molecular weight is 292 g/mol. The number of nitrogens with zero attached hydrogens (tertiary/aromatic N) is 1. The van der Waals surface area contributed by atoms with Crippen molar-refractivity contribution in [2.45, 2.75) is 26.8 Å². The lowest BCUT2D eigenvalue weighted by atomic mass is 10.2. The monoisotopic (exact) mass is 292 g/mol. The van der Waals surface area contributed by atoms with Gasteiger partial charge in [-0.1, -0.05) is 55.1 Å². The third kappa shape index (κ3) is 5.72. The average Bonchev–Trinajstić information content (AvgIpc) is 2.48. The normalized spacial score (nSPS) is 12.6. The second kappa shape index (κ2) is 9.50. The molecule has 0 saturated heterocycles. The molecule has 0 aliphatic carbocycles. The standard InChI is InChI=1S/C16H24N2OS/c1-3-15(17)13-20-16(4-2)18(10-11-19)12-14-8-6-5-7-9-14/h4-9,13,19H,3,10-12,17H2,1-2H3/b15-13-,16-4-. The summed E-state index contributed by atoms with van der Waals surface area (Å²) < 4.78 is 0. The Morgan fingerprint density at radius 2 is 2.05 bits per heavy atom. The predicted octanol–water partition coefficient (Wildman–Crippen LogP) is 3.29. The zero-order valence-electron chi connectivity index (χ0n) is 12.2. The Morgan fingerprint density at radius 1 is 1.35 bits per heavy atom. The molecule has 0 amide bonds. The first kappa shape index (κ1) is 16.7. The van der Waals surface area contributed by atoms with Gasteiger partial charge in [0.2, 0.25) is 0 Å². The van der Waals surface area contributed by atoms with Crippen LogP contribution in [-0.4, -0.2) is 23.2 Å². The molecule has 0 unspecified atom stereocenters. The van der Waals surface area contributed by atoms with Gasteiger partial charge in [-0.05, 0) is 24.3 Å². The minimum atomic E-state index is 0.137. The highest BCUT2D eigenvalue weighted by molar-refractivity contribution is 8.05. The van der Waals surface area contributed by atoms with Crippen molar-refractivity contribution in [3.63, 3.8) is 0 Å². The molecule has 1 rings (SSSR count). The summed E-state index contributed by atoms with van der Waals surface area (Å²) in [5.41, 5.74) is 7.95. The van der Waals surface area contributed by atoms with Crippen molar-refractivity contribution in [3.8, 4) is 0 Å². The maximum Gasteiger partial charge on any atom is 0.0711 e. The zero-order chi connectivity index (χ0) is 14.8. The first-order chi connectivity index (χ1) is 9.71. The van der Waals surface area contributed by atoms with E-state index in [0.717, 1.165) is 23.7 Å². The van der Waals surface area contributed by atoms with E-state index in [1.165, 1.54) is 5.56 Å². The zero-order valence-corrected chi connectivity index (χ0v) is 13.1. The summed E-state index contributed by atoms with van der Waals surface area (Å²) >= 11 is 1.61. The molecule has 0 bridgehead atoms. The van der Waals surface area contributed by atoms with Crippen LogP contribution in [0.2, 0.25) is 0 Å². The summed E-state index contributed by atoms with van der Waals surface area (Å²) in [5, 5.41) is 12.4. The second-order valence-corrected chi connectivity index (χ2v) is 5.31. The van der Waals surface area contributed by atoms with Gasteiger partial charge in [-0.3, -0.25) is 0 Å². The van der Waals surface area contributed by atoms with Gasteiger partial charge >= 0.3 is 0 Å². The van der Waals surface area contributed by atoms with Crippen LogP contribution in [0, 0.1) is 0 Å². The highest BCUT2D eigenvalue weighted by atomic mass is 32.2. The fraction of sp³-hybridized carbons (Fsp3) is 0.375. The minimum Gasteiger partial charge on any atom is -0.402 e. The number of allylic oxidation sites excluding steroid dienone is 2. The molecule has 3 nitrogen and oxygen atoms in total. The molecule has 0 atom stereocenters. The lowest BCUT2D eigenvalue weighted by molar-refractivity contribution is 0.230. The molecular formula is C16H24N2OS. The van der Waals surface area contributed by atoms with Crippen LogP contribution in [0.1, 0.15) is 25.8 Å². The lowest BCUT2D eigenvalue weighted by Gasteiger charge is -2.25. The molecule has 1 aromatic rings. The first-order valence-electron chi connectivity index (χ1n) is 6.88. The number of benzene rings is 1. The van der Waals surface area contributed by atoms with E-state index >= 15 is 0 Å². The van der Waals surface area contributed by atoms with Crippen molar-refractivity contribution < 1.29 is 5.11 Å². The van der Waals surface area contributed by atoms with Crippen LogP contribution < -0.4 is 5.73 Å². The third-order valence-electron chi connectivity index (χ3n) is 2.88. The summed E-state index contributed by atoms with van der Waals surface area (Å²) in [6.45, 7) is 5.58.